The SMILES string of the molecule is CCc1nsc(SCC(=O)N2CCNCC2)n1. The van der Waals surface area contributed by atoms with Crippen molar-refractivity contribution >= 4 is 29.2 Å². The van der Waals surface area contributed by atoms with E-state index >= 15 is 0 Å². The number of hydrogen-bond acceptors (Lipinski definition) is 6. The second-order valence-electron chi connectivity index (χ2n) is 3.75. The number of carbonyl (C=O) groups excluding carboxylic acids is 1. The van der Waals surface area contributed by atoms with Crippen LogP contribution in [0.2, 0.25) is 0 Å². The molecule has 0 aliphatic carbocycles. The Kier molecular flexibility index (Phi) is 4.75. The zero-order valence-corrected chi connectivity index (χ0v) is 11.4. The second kappa shape index (κ2) is 6.32. The summed E-state index contributed by atoms with van der Waals surface area (Å²) in [6.07, 6.45) is 0.850. The lowest BCUT2D eigenvalue weighted by molar-refractivity contribution is -0.128. The summed E-state index contributed by atoms with van der Waals surface area (Å²) in [6, 6.07) is 0. The maximum atomic E-state index is 11.9. The number of carbonyl (C=O) groups is 1. The van der Waals surface area contributed by atoms with E-state index in [4.69, 9.17) is 0 Å². The van der Waals surface area contributed by atoms with Crippen LogP contribution in [0.4, 0.5) is 0 Å². The zero-order valence-electron chi connectivity index (χ0n) is 9.81. The van der Waals surface area contributed by atoms with Gasteiger partial charge < -0.3 is 10.2 Å². The fourth-order valence-electron chi connectivity index (χ4n) is 1.57. The number of piperazine rings is 1. The maximum Gasteiger partial charge on any atom is 0.233 e. The molecule has 0 aromatic carbocycles. The van der Waals surface area contributed by atoms with Gasteiger partial charge in [0.15, 0.2) is 4.34 Å². The van der Waals surface area contributed by atoms with Gasteiger partial charge in [-0.1, -0.05) is 18.7 Å². The van der Waals surface area contributed by atoms with E-state index in [1.54, 1.807) is 0 Å². The average molecular weight is 272 g/mol. The van der Waals surface area contributed by atoms with Crippen LogP contribution in [-0.2, 0) is 11.2 Å². The standard InChI is InChI=1S/C10H16N4OS2/c1-2-8-12-10(17-13-8)16-7-9(15)14-5-3-11-4-6-14/h11H,2-7H2,1H3. The topological polar surface area (TPSA) is 58.1 Å². The van der Waals surface area contributed by atoms with Crippen LogP contribution in [0.3, 0.4) is 0 Å². The lowest BCUT2D eigenvalue weighted by Crippen LogP contribution is -2.47. The summed E-state index contributed by atoms with van der Waals surface area (Å²) in [7, 11) is 0. The van der Waals surface area contributed by atoms with Crippen molar-refractivity contribution in [3.05, 3.63) is 5.82 Å². The minimum atomic E-state index is 0.199. The summed E-state index contributed by atoms with van der Waals surface area (Å²) >= 11 is 2.87. The van der Waals surface area contributed by atoms with E-state index < -0.39 is 0 Å². The van der Waals surface area contributed by atoms with Crippen LogP contribution in [0, 0.1) is 0 Å². The van der Waals surface area contributed by atoms with Crippen LogP contribution in [-0.4, -0.2) is 52.1 Å². The molecule has 0 bridgehead atoms. The Hall–Kier alpha value is -0.660. The fourth-order valence-corrected chi connectivity index (χ4v) is 3.17. The lowest BCUT2D eigenvalue weighted by atomic mass is 10.3. The second-order valence-corrected chi connectivity index (χ2v) is 5.72. The van der Waals surface area contributed by atoms with Crippen molar-refractivity contribution in [3.8, 4) is 0 Å². The Morgan fingerprint density at radius 3 is 2.94 bits per heavy atom. The van der Waals surface area contributed by atoms with E-state index in [0.717, 1.165) is 42.8 Å². The first kappa shape index (κ1) is 12.8. The Labute approximate surface area is 109 Å². The molecule has 0 atom stereocenters. The predicted octanol–water partition coefficient (Wildman–Crippen LogP) is 0.624. The predicted molar refractivity (Wildman–Crippen MR) is 69.5 cm³/mol. The summed E-state index contributed by atoms with van der Waals surface area (Å²) in [5.74, 6) is 1.54. The van der Waals surface area contributed by atoms with Gasteiger partial charge in [0.2, 0.25) is 5.91 Å². The highest BCUT2D eigenvalue weighted by atomic mass is 32.2. The molecule has 1 saturated heterocycles. The monoisotopic (exact) mass is 272 g/mol. The highest BCUT2D eigenvalue weighted by molar-refractivity contribution is 8.01. The molecule has 17 heavy (non-hydrogen) atoms. The molecule has 1 amide bonds. The Morgan fingerprint density at radius 2 is 2.29 bits per heavy atom. The van der Waals surface area contributed by atoms with Crippen LogP contribution in [0.15, 0.2) is 4.34 Å². The highest BCUT2D eigenvalue weighted by Gasteiger charge is 2.16. The van der Waals surface area contributed by atoms with E-state index in [9.17, 15) is 4.79 Å². The van der Waals surface area contributed by atoms with E-state index in [1.807, 2.05) is 11.8 Å². The smallest absolute Gasteiger partial charge is 0.233 e. The van der Waals surface area contributed by atoms with Crippen LogP contribution >= 0.6 is 23.3 Å². The fraction of sp³-hybridized carbons (Fsp3) is 0.700. The normalized spacial score (nSPS) is 16.2. The number of aromatic nitrogens is 2. The van der Waals surface area contributed by atoms with Gasteiger partial charge in [-0.3, -0.25) is 4.79 Å². The van der Waals surface area contributed by atoms with Crippen molar-refractivity contribution in [2.24, 2.45) is 0 Å². The van der Waals surface area contributed by atoms with Crippen LogP contribution < -0.4 is 5.32 Å². The molecule has 2 rings (SSSR count). The summed E-state index contributed by atoms with van der Waals surface area (Å²) in [5.41, 5.74) is 0. The molecular weight excluding hydrogens is 256 g/mol. The van der Waals surface area contributed by atoms with E-state index in [1.165, 1.54) is 23.3 Å². The van der Waals surface area contributed by atoms with Gasteiger partial charge in [0.25, 0.3) is 0 Å². The molecule has 0 unspecified atom stereocenters. The van der Waals surface area contributed by atoms with Crippen molar-refractivity contribution in [2.45, 2.75) is 17.7 Å². The third-order valence-electron chi connectivity index (χ3n) is 2.55. The van der Waals surface area contributed by atoms with Crippen molar-refractivity contribution < 1.29 is 4.79 Å². The Morgan fingerprint density at radius 1 is 1.53 bits per heavy atom. The number of amides is 1. The van der Waals surface area contributed by atoms with Gasteiger partial charge in [-0.05, 0) is 11.5 Å². The first-order valence-corrected chi connectivity index (χ1v) is 7.49. The van der Waals surface area contributed by atoms with E-state index in [-0.39, 0.29) is 5.91 Å². The van der Waals surface area contributed by atoms with Crippen LogP contribution in [0.25, 0.3) is 0 Å². The molecular formula is C10H16N4OS2. The van der Waals surface area contributed by atoms with E-state index in [2.05, 4.69) is 14.7 Å². The number of hydrogen-bond donors (Lipinski definition) is 1. The number of aryl methyl sites for hydroxylation is 1. The van der Waals surface area contributed by atoms with Gasteiger partial charge in [-0.25, -0.2) is 4.98 Å². The molecule has 5 nitrogen and oxygen atoms in total. The van der Waals surface area contributed by atoms with Gasteiger partial charge in [0, 0.05) is 32.6 Å². The Balaban J connectivity index is 1.78. The van der Waals surface area contributed by atoms with Crippen LogP contribution in [0.1, 0.15) is 12.7 Å². The molecule has 0 radical (unpaired) electrons. The minimum Gasteiger partial charge on any atom is -0.339 e. The molecule has 0 spiro atoms. The van der Waals surface area contributed by atoms with Gasteiger partial charge in [-0.15, -0.1) is 0 Å². The summed E-state index contributed by atoms with van der Waals surface area (Å²) in [6.45, 7) is 5.46. The first-order chi connectivity index (χ1) is 8.29. The third kappa shape index (κ3) is 3.65. The number of thioether (sulfide) groups is 1. The van der Waals surface area contributed by atoms with Crippen molar-refractivity contribution in [2.75, 3.05) is 31.9 Å². The molecule has 1 N–H and O–H groups in total. The highest BCUT2D eigenvalue weighted by Crippen LogP contribution is 2.20. The number of rotatable bonds is 4. The molecule has 1 aliphatic heterocycles. The molecule has 94 valence electrons. The first-order valence-electron chi connectivity index (χ1n) is 5.73. The third-order valence-corrected chi connectivity index (χ3v) is 4.41. The molecule has 1 aliphatic rings. The maximum absolute atomic E-state index is 11.9. The van der Waals surface area contributed by atoms with Crippen LogP contribution in [0.5, 0.6) is 0 Å². The summed E-state index contributed by atoms with van der Waals surface area (Å²) < 4.78 is 5.09. The summed E-state index contributed by atoms with van der Waals surface area (Å²) in [4.78, 5) is 18.1. The minimum absolute atomic E-state index is 0.199. The van der Waals surface area contributed by atoms with Crippen molar-refractivity contribution in [1.29, 1.82) is 0 Å². The van der Waals surface area contributed by atoms with Gasteiger partial charge in [-0.2, -0.15) is 4.37 Å². The molecule has 1 aromatic rings. The molecule has 2 heterocycles. The number of nitrogens with zero attached hydrogens (tertiary/aromatic N) is 3. The Bertz CT molecular complexity index is 376. The zero-order chi connectivity index (χ0) is 12.1. The lowest BCUT2D eigenvalue weighted by Gasteiger charge is -2.27. The van der Waals surface area contributed by atoms with Gasteiger partial charge in [0.05, 0.1) is 5.75 Å². The summed E-state index contributed by atoms with van der Waals surface area (Å²) in [5, 5.41) is 3.23. The molecule has 0 saturated carbocycles. The largest absolute Gasteiger partial charge is 0.339 e. The molecule has 7 heteroatoms. The van der Waals surface area contributed by atoms with Crippen molar-refractivity contribution in [3.63, 3.8) is 0 Å². The average Bonchev–Trinajstić information content (AvgIpc) is 2.85. The van der Waals surface area contributed by atoms with Crippen molar-refractivity contribution in [1.82, 2.24) is 19.6 Å². The van der Waals surface area contributed by atoms with E-state index in [0.29, 0.717) is 5.75 Å². The number of nitrogens with one attached hydrogen (secondary N) is 1. The van der Waals surface area contributed by atoms with Gasteiger partial charge in [0.1, 0.15) is 5.82 Å². The van der Waals surface area contributed by atoms with Gasteiger partial charge >= 0.3 is 0 Å². The molecule has 1 fully saturated rings. The molecule has 1 aromatic heterocycles. The quantitative estimate of drug-likeness (QED) is 0.815.